The number of carbonyl (C=O) groups excluding carboxylic acids is 1. The molecule has 0 spiro atoms. The number of rotatable bonds is 7. The molecular weight excluding hydrogens is 316 g/mol. The maximum Gasteiger partial charge on any atom is 0.260 e. The first-order valence-electron chi connectivity index (χ1n) is 8.12. The molecule has 0 heterocycles. The largest absolute Gasteiger partial charge is 0.493 e. The van der Waals surface area contributed by atoms with Gasteiger partial charge in [-0.15, -0.1) is 0 Å². The van der Waals surface area contributed by atoms with Crippen LogP contribution in [0.2, 0.25) is 0 Å². The Hall–Kier alpha value is -3.00. The minimum Gasteiger partial charge on any atom is -0.493 e. The summed E-state index contributed by atoms with van der Waals surface area (Å²) in [5, 5.41) is 11.8. The number of carbonyl (C=O) groups is 1. The van der Waals surface area contributed by atoms with Crippen LogP contribution in [0.1, 0.15) is 30.9 Å². The third-order valence-corrected chi connectivity index (χ3v) is 3.92. The highest BCUT2D eigenvalue weighted by Gasteiger charge is 2.18. The first-order valence-corrected chi connectivity index (χ1v) is 8.12. The van der Waals surface area contributed by atoms with E-state index in [-0.39, 0.29) is 11.8 Å². The molecule has 2 rings (SSSR count). The summed E-state index contributed by atoms with van der Waals surface area (Å²) in [6.45, 7) is 4.27. The fourth-order valence-electron chi connectivity index (χ4n) is 2.38. The van der Waals surface area contributed by atoms with Crippen LogP contribution in [0.3, 0.4) is 0 Å². The second kappa shape index (κ2) is 8.74. The van der Waals surface area contributed by atoms with Gasteiger partial charge in [0.15, 0.2) is 17.6 Å². The van der Waals surface area contributed by atoms with E-state index < -0.39 is 6.10 Å². The molecule has 0 aromatic heterocycles. The van der Waals surface area contributed by atoms with Crippen molar-refractivity contribution in [2.24, 2.45) is 0 Å². The number of ether oxygens (including phenoxy) is 2. The van der Waals surface area contributed by atoms with Crippen LogP contribution in [0.4, 0.5) is 0 Å². The Morgan fingerprint density at radius 2 is 1.88 bits per heavy atom. The molecular formula is C20H22N2O3. The Morgan fingerprint density at radius 1 is 1.16 bits per heavy atom. The summed E-state index contributed by atoms with van der Waals surface area (Å²) in [6, 6.07) is 16.9. The fraction of sp³-hybridized carbons (Fsp3) is 0.300. The molecule has 1 amide bonds. The summed E-state index contributed by atoms with van der Waals surface area (Å²) in [4.78, 5) is 12.3. The summed E-state index contributed by atoms with van der Waals surface area (Å²) >= 11 is 0. The van der Waals surface area contributed by atoms with Gasteiger partial charge < -0.3 is 14.8 Å². The fourth-order valence-corrected chi connectivity index (χ4v) is 2.38. The monoisotopic (exact) mass is 338 g/mol. The number of hydrogen-bond acceptors (Lipinski definition) is 4. The van der Waals surface area contributed by atoms with Crippen molar-refractivity contribution in [3.8, 4) is 17.6 Å². The topological polar surface area (TPSA) is 71.3 Å². The Kier molecular flexibility index (Phi) is 6.41. The number of nitrogens with zero attached hydrogens (tertiary/aromatic N) is 1. The lowest BCUT2D eigenvalue weighted by Gasteiger charge is -2.18. The predicted molar refractivity (Wildman–Crippen MR) is 95.7 cm³/mol. The van der Waals surface area contributed by atoms with Crippen LogP contribution in [-0.4, -0.2) is 25.7 Å². The molecule has 2 aromatic rings. The van der Waals surface area contributed by atoms with Gasteiger partial charge in [0.05, 0.1) is 18.7 Å². The Labute approximate surface area is 148 Å². The molecule has 25 heavy (non-hydrogen) atoms. The Balaban J connectivity index is 1.93. The third kappa shape index (κ3) is 4.98. The molecule has 1 N–H and O–H groups in total. The van der Waals surface area contributed by atoms with Crippen LogP contribution in [0, 0.1) is 11.3 Å². The summed E-state index contributed by atoms with van der Waals surface area (Å²) < 4.78 is 10.9. The minimum absolute atomic E-state index is 0.200. The van der Waals surface area contributed by atoms with Crippen molar-refractivity contribution < 1.29 is 14.3 Å². The van der Waals surface area contributed by atoms with Crippen molar-refractivity contribution in [2.75, 3.05) is 13.7 Å². The summed E-state index contributed by atoms with van der Waals surface area (Å²) in [6.07, 6.45) is -0.676. The lowest BCUT2D eigenvalue weighted by atomic mass is 10.0. The molecule has 0 bridgehead atoms. The number of methoxy groups -OCH3 is 1. The molecule has 0 saturated carbocycles. The zero-order valence-corrected chi connectivity index (χ0v) is 14.7. The summed E-state index contributed by atoms with van der Waals surface area (Å²) in [7, 11) is 1.50. The third-order valence-electron chi connectivity index (χ3n) is 3.92. The van der Waals surface area contributed by atoms with E-state index >= 15 is 0 Å². The van der Waals surface area contributed by atoms with Crippen molar-refractivity contribution in [1.29, 1.82) is 5.26 Å². The number of benzene rings is 2. The number of amides is 1. The molecule has 0 saturated heterocycles. The van der Waals surface area contributed by atoms with Gasteiger partial charge in [0.1, 0.15) is 0 Å². The van der Waals surface area contributed by atoms with Gasteiger partial charge in [0.2, 0.25) is 0 Å². The van der Waals surface area contributed by atoms with Gasteiger partial charge in [0.25, 0.3) is 5.91 Å². The second-order valence-electron chi connectivity index (χ2n) is 5.79. The smallest absolute Gasteiger partial charge is 0.260 e. The zero-order valence-electron chi connectivity index (χ0n) is 14.7. The highest BCUT2D eigenvalue weighted by molar-refractivity contribution is 5.80. The van der Waals surface area contributed by atoms with Crippen molar-refractivity contribution in [3.05, 3.63) is 59.7 Å². The molecule has 130 valence electrons. The average Bonchev–Trinajstić information content (AvgIpc) is 2.66. The van der Waals surface area contributed by atoms with Crippen LogP contribution < -0.4 is 14.8 Å². The predicted octanol–water partition coefficient (Wildman–Crippen LogP) is 3.25. The maximum atomic E-state index is 12.3. The van der Waals surface area contributed by atoms with Gasteiger partial charge in [-0.05, 0) is 30.5 Å². The van der Waals surface area contributed by atoms with E-state index in [1.807, 2.05) is 36.4 Å². The first-order chi connectivity index (χ1) is 12.0. The Morgan fingerprint density at radius 3 is 2.52 bits per heavy atom. The van der Waals surface area contributed by atoms with Gasteiger partial charge >= 0.3 is 0 Å². The van der Waals surface area contributed by atoms with Crippen LogP contribution >= 0.6 is 0 Å². The van der Waals surface area contributed by atoms with Crippen molar-refractivity contribution in [3.63, 3.8) is 0 Å². The van der Waals surface area contributed by atoms with Gasteiger partial charge in [-0.1, -0.05) is 37.3 Å². The van der Waals surface area contributed by atoms with Crippen molar-refractivity contribution in [2.45, 2.75) is 25.9 Å². The number of nitrogens with one attached hydrogen (secondary N) is 1. The van der Waals surface area contributed by atoms with E-state index in [0.717, 1.165) is 0 Å². The maximum absolute atomic E-state index is 12.3. The van der Waals surface area contributed by atoms with Crippen LogP contribution in [0.15, 0.2) is 48.5 Å². The Bertz CT molecular complexity index is 753. The molecule has 0 aliphatic carbocycles. The molecule has 5 heteroatoms. The normalized spacial score (nSPS) is 12.6. The lowest BCUT2D eigenvalue weighted by molar-refractivity contribution is -0.127. The number of hydrogen-bond donors (Lipinski definition) is 1. The van der Waals surface area contributed by atoms with E-state index in [2.05, 4.69) is 12.2 Å². The van der Waals surface area contributed by atoms with Gasteiger partial charge in [-0.3, -0.25) is 4.79 Å². The zero-order chi connectivity index (χ0) is 18.2. The van der Waals surface area contributed by atoms with Crippen LogP contribution in [-0.2, 0) is 4.79 Å². The average molecular weight is 338 g/mol. The van der Waals surface area contributed by atoms with Crippen molar-refractivity contribution >= 4 is 5.91 Å². The summed E-state index contributed by atoms with van der Waals surface area (Å²) in [5.74, 6) is 0.868. The molecule has 5 nitrogen and oxygen atoms in total. The molecule has 0 fully saturated rings. The molecule has 2 aromatic carbocycles. The molecule has 0 unspecified atom stereocenters. The second-order valence-corrected chi connectivity index (χ2v) is 5.79. The highest BCUT2D eigenvalue weighted by atomic mass is 16.5. The van der Waals surface area contributed by atoms with E-state index in [4.69, 9.17) is 14.7 Å². The lowest BCUT2D eigenvalue weighted by Crippen LogP contribution is -2.38. The molecule has 0 aliphatic rings. The molecule has 0 radical (unpaired) electrons. The minimum atomic E-state index is -0.676. The molecule has 2 atom stereocenters. The SMILES string of the molecule is COc1cc(C#N)ccc1O[C@H](C)C(=O)NC[C@@H](C)c1ccccc1. The van der Waals surface area contributed by atoms with Gasteiger partial charge in [-0.2, -0.15) is 5.26 Å². The van der Waals surface area contributed by atoms with E-state index in [1.165, 1.54) is 12.7 Å². The molecule has 0 aliphatic heterocycles. The summed E-state index contributed by atoms with van der Waals surface area (Å²) in [5.41, 5.74) is 1.64. The quantitative estimate of drug-likeness (QED) is 0.841. The van der Waals surface area contributed by atoms with E-state index in [1.54, 1.807) is 25.1 Å². The van der Waals surface area contributed by atoms with Crippen LogP contribution in [0.25, 0.3) is 0 Å². The highest BCUT2D eigenvalue weighted by Crippen LogP contribution is 2.28. The van der Waals surface area contributed by atoms with Gasteiger partial charge in [0, 0.05) is 12.6 Å². The van der Waals surface area contributed by atoms with Crippen molar-refractivity contribution in [1.82, 2.24) is 5.32 Å². The van der Waals surface area contributed by atoms with E-state index in [0.29, 0.717) is 23.6 Å². The van der Waals surface area contributed by atoms with E-state index in [9.17, 15) is 4.79 Å². The van der Waals surface area contributed by atoms with Gasteiger partial charge in [-0.25, -0.2) is 0 Å². The first kappa shape index (κ1) is 18.3. The van der Waals surface area contributed by atoms with Crippen LogP contribution in [0.5, 0.6) is 11.5 Å². The standard InChI is InChI=1S/C20H22N2O3/c1-14(17-7-5-4-6-8-17)13-22-20(23)15(2)25-18-10-9-16(12-21)11-19(18)24-3/h4-11,14-15H,13H2,1-3H3,(H,22,23)/t14-,15-/m1/s1. The number of nitriles is 1.